The summed E-state index contributed by atoms with van der Waals surface area (Å²) >= 11 is 0. The molecule has 0 aliphatic carbocycles. The van der Waals surface area contributed by atoms with Crippen molar-refractivity contribution in [3.63, 3.8) is 0 Å². The van der Waals surface area contributed by atoms with E-state index in [0.29, 0.717) is 18.1 Å². The topological polar surface area (TPSA) is 88.8 Å². The van der Waals surface area contributed by atoms with Crippen molar-refractivity contribution >= 4 is 11.9 Å². The fourth-order valence-corrected chi connectivity index (χ4v) is 3.13. The van der Waals surface area contributed by atoms with E-state index >= 15 is 0 Å². The van der Waals surface area contributed by atoms with Gasteiger partial charge in [0.1, 0.15) is 12.7 Å². The maximum absolute atomic E-state index is 12.7. The number of amides is 1. The van der Waals surface area contributed by atoms with E-state index in [0.717, 1.165) is 25.1 Å². The van der Waals surface area contributed by atoms with Crippen LogP contribution in [0.3, 0.4) is 0 Å². The molecular formula is C18H19N7O. The summed E-state index contributed by atoms with van der Waals surface area (Å²) in [7, 11) is 0. The Hall–Kier alpha value is -3.29. The summed E-state index contributed by atoms with van der Waals surface area (Å²) in [4.78, 5) is 27.3. The number of carbonyl (C=O) groups excluding carboxylic acids is 1. The van der Waals surface area contributed by atoms with Gasteiger partial charge in [0.2, 0.25) is 5.95 Å². The van der Waals surface area contributed by atoms with Crippen molar-refractivity contribution in [1.82, 2.24) is 30.0 Å². The molecule has 3 heterocycles. The molecule has 3 aromatic rings. The summed E-state index contributed by atoms with van der Waals surface area (Å²) in [6.07, 6.45) is 8.48. The Kier molecular flexibility index (Phi) is 4.55. The van der Waals surface area contributed by atoms with Crippen molar-refractivity contribution in [2.75, 3.05) is 18.0 Å². The first-order valence-electron chi connectivity index (χ1n) is 8.57. The zero-order valence-corrected chi connectivity index (χ0v) is 14.2. The van der Waals surface area contributed by atoms with Crippen molar-refractivity contribution < 1.29 is 4.79 Å². The van der Waals surface area contributed by atoms with Gasteiger partial charge in [-0.05, 0) is 37.1 Å². The molecule has 1 aromatic carbocycles. The second-order valence-corrected chi connectivity index (χ2v) is 6.20. The number of nitrogens with zero attached hydrogens (tertiary/aromatic N) is 6. The highest BCUT2D eigenvalue weighted by molar-refractivity contribution is 5.95. The van der Waals surface area contributed by atoms with Crippen LogP contribution in [0.4, 0.5) is 5.95 Å². The molecule has 1 N–H and O–H groups in total. The SMILES string of the molecule is O=C(N[C@@H]1CCCN(c2ncccn2)C1)c1cccc(-n2cncn2)c1. The standard InChI is InChI=1S/C18H19N7O/c26-17(14-4-1-6-16(10-14)25-13-19-12-22-25)23-15-5-2-9-24(11-15)18-20-7-3-8-21-18/h1,3-4,6-8,10,12-13,15H,2,5,9,11H2,(H,23,26)/t15-/m1/s1. The summed E-state index contributed by atoms with van der Waals surface area (Å²) in [5.41, 5.74) is 1.41. The largest absolute Gasteiger partial charge is 0.348 e. The van der Waals surface area contributed by atoms with Crippen molar-refractivity contribution in [3.05, 3.63) is 60.9 Å². The smallest absolute Gasteiger partial charge is 0.251 e. The molecule has 8 heteroatoms. The summed E-state index contributed by atoms with van der Waals surface area (Å²) in [6, 6.07) is 9.21. The summed E-state index contributed by atoms with van der Waals surface area (Å²) in [5, 5.41) is 7.23. The quantitative estimate of drug-likeness (QED) is 0.767. The molecule has 1 amide bonds. The molecule has 2 aromatic heterocycles. The molecular weight excluding hydrogens is 330 g/mol. The van der Waals surface area contributed by atoms with Crippen molar-refractivity contribution in [2.45, 2.75) is 18.9 Å². The van der Waals surface area contributed by atoms with E-state index in [1.54, 1.807) is 35.5 Å². The second-order valence-electron chi connectivity index (χ2n) is 6.20. The van der Waals surface area contributed by atoms with Gasteiger partial charge in [-0.25, -0.2) is 19.6 Å². The zero-order chi connectivity index (χ0) is 17.8. The lowest BCUT2D eigenvalue weighted by Crippen LogP contribution is -2.48. The summed E-state index contributed by atoms with van der Waals surface area (Å²) in [5.74, 6) is 0.618. The Morgan fingerprint density at radius 1 is 1.19 bits per heavy atom. The molecule has 1 fully saturated rings. The lowest BCUT2D eigenvalue weighted by molar-refractivity contribution is 0.0933. The van der Waals surface area contributed by atoms with Crippen LogP contribution in [0.2, 0.25) is 0 Å². The molecule has 0 bridgehead atoms. The lowest BCUT2D eigenvalue weighted by atomic mass is 10.1. The molecule has 1 saturated heterocycles. The van der Waals surface area contributed by atoms with Crippen LogP contribution in [0, 0.1) is 0 Å². The van der Waals surface area contributed by atoms with Gasteiger partial charge in [0.05, 0.1) is 5.69 Å². The average molecular weight is 349 g/mol. The summed E-state index contributed by atoms with van der Waals surface area (Å²) < 4.78 is 1.63. The van der Waals surface area contributed by atoms with Crippen LogP contribution in [0.15, 0.2) is 55.4 Å². The van der Waals surface area contributed by atoms with Crippen LogP contribution in [-0.2, 0) is 0 Å². The third kappa shape index (κ3) is 3.53. The molecule has 4 rings (SSSR count). The minimum absolute atomic E-state index is 0.0649. The fourth-order valence-electron chi connectivity index (χ4n) is 3.13. The Bertz CT molecular complexity index is 866. The van der Waals surface area contributed by atoms with Gasteiger partial charge in [-0.1, -0.05) is 6.07 Å². The van der Waals surface area contributed by atoms with Gasteiger partial charge in [0.25, 0.3) is 5.91 Å². The van der Waals surface area contributed by atoms with Gasteiger partial charge >= 0.3 is 0 Å². The predicted octanol–water partition coefficient (Wildman–Crippen LogP) is 1.46. The number of aromatic nitrogens is 5. The van der Waals surface area contributed by atoms with Crippen LogP contribution in [0.1, 0.15) is 23.2 Å². The number of hydrogen-bond acceptors (Lipinski definition) is 6. The number of hydrogen-bond donors (Lipinski definition) is 1. The van der Waals surface area contributed by atoms with Crippen LogP contribution in [0.5, 0.6) is 0 Å². The molecule has 26 heavy (non-hydrogen) atoms. The molecule has 132 valence electrons. The first kappa shape index (κ1) is 16.2. The Morgan fingerprint density at radius 2 is 2.08 bits per heavy atom. The first-order valence-corrected chi connectivity index (χ1v) is 8.57. The minimum Gasteiger partial charge on any atom is -0.348 e. The molecule has 8 nitrogen and oxygen atoms in total. The molecule has 1 aliphatic heterocycles. The third-order valence-electron chi connectivity index (χ3n) is 4.38. The van der Waals surface area contributed by atoms with Crippen LogP contribution < -0.4 is 10.2 Å². The molecule has 0 spiro atoms. The van der Waals surface area contributed by atoms with Gasteiger partial charge in [-0.2, -0.15) is 5.10 Å². The van der Waals surface area contributed by atoms with Crippen LogP contribution in [-0.4, -0.2) is 49.8 Å². The monoisotopic (exact) mass is 349 g/mol. The predicted molar refractivity (Wildman–Crippen MR) is 96.1 cm³/mol. The van der Waals surface area contributed by atoms with Gasteiger partial charge in [-0.3, -0.25) is 4.79 Å². The van der Waals surface area contributed by atoms with Crippen LogP contribution in [0.25, 0.3) is 5.69 Å². The van der Waals surface area contributed by atoms with Gasteiger partial charge in [0, 0.05) is 37.1 Å². The van der Waals surface area contributed by atoms with E-state index < -0.39 is 0 Å². The van der Waals surface area contributed by atoms with Crippen molar-refractivity contribution in [2.24, 2.45) is 0 Å². The molecule has 1 atom stereocenters. The lowest BCUT2D eigenvalue weighted by Gasteiger charge is -2.33. The van der Waals surface area contributed by atoms with E-state index in [2.05, 4.69) is 30.3 Å². The zero-order valence-electron chi connectivity index (χ0n) is 14.2. The van der Waals surface area contributed by atoms with Crippen molar-refractivity contribution in [1.29, 1.82) is 0 Å². The fraction of sp³-hybridized carbons (Fsp3) is 0.278. The highest BCUT2D eigenvalue weighted by Crippen LogP contribution is 2.16. The van der Waals surface area contributed by atoms with E-state index in [4.69, 9.17) is 0 Å². The number of anilines is 1. The minimum atomic E-state index is -0.0900. The molecule has 0 radical (unpaired) electrons. The maximum Gasteiger partial charge on any atom is 0.251 e. The van der Waals surface area contributed by atoms with E-state index in [1.165, 1.54) is 6.33 Å². The normalized spacial score (nSPS) is 17.1. The summed E-state index contributed by atoms with van der Waals surface area (Å²) in [6.45, 7) is 1.61. The van der Waals surface area contributed by atoms with E-state index in [-0.39, 0.29) is 11.9 Å². The Labute approximate surface area is 150 Å². The second kappa shape index (κ2) is 7.30. The molecule has 1 aliphatic rings. The van der Waals surface area contributed by atoms with Crippen LogP contribution >= 0.6 is 0 Å². The molecule has 0 unspecified atom stereocenters. The van der Waals surface area contributed by atoms with Crippen molar-refractivity contribution in [3.8, 4) is 5.69 Å². The number of rotatable bonds is 4. The van der Waals surface area contributed by atoms with Gasteiger partial charge < -0.3 is 10.2 Å². The first-order chi connectivity index (χ1) is 12.8. The van der Waals surface area contributed by atoms with E-state index in [9.17, 15) is 4.79 Å². The Balaban J connectivity index is 1.44. The average Bonchev–Trinajstić information content (AvgIpc) is 3.24. The van der Waals surface area contributed by atoms with Gasteiger partial charge in [0.15, 0.2) is 0 Å². The van der Waals surface area contributed by atoms with Gasteiger partial charge in [-0.15, -0.1) is 0 Å². The molecule has 0 saturated carbocycles. The number of benzene rings is 1. The maximum atomic E-state index is 12.7. The number of piperidine rings is 1. The van der Waals surface area contributed by atoms with E-state index in [1.807, 2.05) is 18.2 Å². The Morgan fingerprint density at radius 3 is 2.88 bits per heavy atom. The number of carbonyl (C=O) groups is 1. The highest BCUT2D eigenvalue weighted by atomic mass is 16.1. The highest BCUT2D eigenvalue weighted by Gasteiger charge is 2.23. The third-order valence-corrected chi connectivity index (χ3v) is 4.38. The number of nitrogens with one attached hydrogen (secondary N) is 1.